The number of hydrogen-bond donors (Lipinski definition) is 0. The maximum absolute atomic E-state index is 2.49. The summed E-state index contributed by atoms with van der Waals surface area (Å²) in [5.74, 6) is 0. The number of benzene rings is 1. The van der Waals surface area contributed by atoms with Gasteiger partial charge in [-0.1, -0.05) is 242 Å². The number of quaternary nitrogens is 1. The van der Waals surface area contributed by atoms with Crippen LogP contribution in [0.25, 0.3) is 0 Å². The zero-order chi connectivity index (χ0) is 44.4. The molecule has 1 rings (SSSR count). The molecule has 1 nitrogen and oxygen atoms in total. The number of rotatable bonds is 50. The fraction of sp³-hybridized carbons (Fsp3) is 0.803. The SMILES string of the molecule is CCCCCCCCC/C=C/CCCCCCC[N+](CCCCCCC/C=C/CCCCCCCCC)(CCCCCCC/C=C/CCCCCCCCC)Cc1ccccc1. The van der Waals surface area contributed by atoms with E-state index in [0.717, 1.165) is 0 Å². The van der Waals surface area contributed by atoms with Gasteiger partial charge < -0.3 is 4.48 Å². The van der Waals surface area contributed by atoms with Crippen LogP contribution in [0.3, 0.4) is 0 Å². The Morgan fingerprint density at radius 3 is 0.758 bits per heavy atom. The molecule has 1 aromatic carbocycles. The normalized spacial score (nSPS) is 12.3. The second-order valence-corrected chi connectivity index (χ2v) is 20.0. The van der Waals surface area contributed by atoms with Crippen molar-refractivity contribution in [1.82, 2.24) is 0 Å². The van der Waals surface area contributed by atoms with Gasteiger partial charge in [-0.25, -0.2) is 0 Å². The molecule has 0 aromatic heterocycles. The predicted molar refractivity (Wildman–Crippen MR) is 283 cm³/mol. The number of unbranched alkanes of at least 4 members (excludes halogenated alkanes) is 36. The zero-order valence-corrected chi connectivity index (χ0v) is 42.8. The van der Waals surface area contributed by atoms with Crippen molar-refractivity contribution in [3.05, 3.63) is 72.4 Å². The van der Waals surface area contributed by atoms with Crippen LogP contribution in [0.2, 0.25) is 0 Å². The van der Waals surface area contributed by atoms with Gasteiger partial charge in [0.2, 0.25) is 0 Å². The summed E-state index contributed by atoms with van der Waals surface area (Å²) in [5, 5.41) is 0. The van der Waals surface area contributed by atoms with E-state index >= 15 is 0 Å². The first-order chi connectivity index (χ1) is 30.8. The van der Waals surface area contributed by atoms with Gasteiger partial charge in [-0.15, -0.1) is 0 Å². The van der Waals surface area contributed by atoms with E-state index in [4.69, 9.17) is 0 Å². The van der Waals surface area contributed by atoms with E-state index in [2.05, 4.69) is 87.6 Å². The lowest BCUT2D eigenvalue weighted by molar-refractivity contribution is -0.941. The lowest BCUT2D eigenvalue weighted by atomic mass is 10.0. The molecule has 0 aliphatic rings. The summed E-state index contributed by atoms with van der Waals surface area (Å²) in [4.78, 5) is 0. The molecular formula is C61H112N+. The molecule has 1 aromatic rings. The van der Waals surface area contributed by atoms with Crippen LogP contribution in [0.5, 0.6) is 0 Å². The maximum atomic E-state index is 2.49. The molecule has 1 heteroatoms. The Morgan fingerprint density at radius 1 is 0.274 bits per heavy atom. The van der Waals surface area contributed by atoms with E-state index in [0.29, 0.717) is 0 Å². The third-order valence-electron chi connectivity index (χ3n) is 13.8. The van der Waals surface area contributed by atoms with Gasteiger partial charge in [0.25, 0.3) is 0 Å². The summed E-state index contributed by atoms with van der Waals surface area (Å²) in [6.45, 7) is 12.3. The van der Waals surface area contributed by atoms with Gasteiger partial charge in [0.15, 0.2) is 0 Å². The summed E-state index contributed by atoms with van der Waals surface area (Å²) < 4.78 is 1.33. The number of allylic oxidation sites excluding steroid dienone is 6. The first-order valence-electron chi connectivity index (χ1n) is 28.6. The minimum Gasteiger partial charge on any atom is -0.320 e. The highest BCUT2D eigenvalue weighted by atomic mass is 15.3. The molecule has 0 bridgehead atoms. The fourth-order valence-electron chi connectivity index (χ4n) is 9.63. The van der Waals surface area contributed by atoms with E-state index in [-0.39, 0.29) is 0 Å². The standard InChI is InChI=1S/C61H112N/c1-4-7-10-13-16-19-22-25-28-31-34-37-40-43-46-52-57-62(60-61-55-50-49-51-56-61,58-53-47-44-41-38-35-32-29-26-23-20-17-14-11-8-5-2)59-54-48-45-42-39-36-33-30-27-24-21-18-15-12-9-6-3/h28-33,49-51,55-56H,4-27,34-48,52-54,57-60H2,1-3H3/q+1/b31-28+,32-29+,33-30+. The lowest BCUT2D eigenvalue weighted by Gasteiger charge is -2.39. The van der Waals surface area contributed by atoms with Crippen molar-refractivity contribution >= 4 is 0 Å². The minimum atomic E-state index is 1.23. The average molecular weight is 860 g/mol. The second-order valence-electron chi connectivity index (χ2n) is 20.0. The van der Waals surface area contributed by atoms with Gasteiger partial charge in [-0.05, 0) is 116 Å². The Kier molecular flexibility index (Phi) is 46.0. The van der Waals surface area contributed by atoms with E-state index in [1.54, 1.807) is 5.56 Å². The lowest BCUT2D eigenvalue weighted by Crippen LogP contribution is -2.49. The van der Waals surface area contributed by atoms with E-state index in [1.165, 1.54) is 300 Å². The predicted octanol–water partition coefficient (Wildman–Crippen LogP) is 21.1. The highest BCUT2D eigenvalue weighted by molar-refractivity contribution is 5.13. The third-order valence-corrected chi connectivity index (χ3v) is 13.8. The van der Waals surface area contributed by atoms with Crippen molar-refractivity contribution in [2.24, 2.45) is 0 Å². The molecule has 360 valence electrons. The molecule has 0 spiro atoms. The van der Waals surface area contributed by atoms with E-state index in [1.807, 2.05) is 0 Å². The zero-order valence-electron chi connectivity index (χ0n) is 42.8. The molecule has 0 saturated carbocycles. The van der Waals surface area contributed by atoms with Crippen LogP contribution in [0.4, 0.5) is 0 Å². The number of nitrogens with zero attached hydrogens (tertiary/aromatic N) is 1. The summed E-state index contributed by atoms with van der Waals surface area (Å²) in [5.41, 5.74) is 1.56. The summed E-state index contributed by atoms with van der Waals surface area (Å²) in [7, 11) is 0. The average Bonchev–Trinajstić information content (AvgIpc) is 3.29. The van der Waals surface area contributed by atoms with Crippen LogP contribution in [0, 0.1) is 0 Å². The van der Waals surface area contributed by atoms with Crippen molar-refractivity contribution in [3.8, 4) is 0 Å². The summed E-state index contributed by atoms with van der Waals surface area (Å²) >= 11 is 0. The Balaban J connectivity index is 2.52. The van der Waals surface area contributed by atoms with Crippen LogP contribution < -0.4 is 0 Å². The first-order valence-corrected chi connectivity index (χ1v) is 28.6. The van der Waals surface area contributed by atoms with E-state index in [9.17, 15) is 0 Å². The molecule has 0 aliphatic heterocycles. The van der Waals surface area contributed by atoms with Crippen molar-refractivity contribution in [2.75, 3.05) is 19.6 Å². The van der Waals surface area contributed by atoms with Crippen molar-refractivity contribution in [3.63, 3.8) is 0 Å². The Hall–Kier alpha value is -1.60. The van der Waals surface area contributed by atoms with Gasteiger partial charge >= 0.3 is 0 Å². The largest absolute Gasteiger partial charge is 0.320 e. The third kappa shape index (κ3) is 41.1. The monoisotopic (exact) mass is 859 g/mol. The quantitative estimate of drug-likeness (QED) is 0.0348. The summed E-state index contributed by atoms with van der Waals surface area (Å²) in [6.07, 6.45) is 73.4. The van der Waals surface area contributed by atoms with Gasteiger partial charge in [0.1, 0.15) is 6.54 Å². The smallest absolute Gasteiger partial charge is 0.104 e. The topological polar surface area (TPSA) is 0 Å². The Bertz CT molecular complexity index is 964. The first kappa shape index (κ1) is 58.4. The van der Waals surface area contributed by atoms with Gasteiger partial charge in [-0.2, -0.15) is 0 Å². The molecule has 0 N–H and O–H groups in total. The molecule has 0 aliphatic carbocycles. The van der Waals surface area contributed by atoms with Gasteiger partial charge in [0.05, 0.1) is 19.6 Å². The molecule has 0 saturated heterocycles. The molecule has 0 amide bonds. The highest BCUT2D eigenvalue weighted by Gasteiger charge is 2.26. The van der Waals surface area contributed by atoms with E-state index < -0.39 is 0 Å². The van der Waals surface area contributed by atoms with Crippen molar-refractivity contribution in [1.29, 1.82) is 0 Å². The van der Waals surface area contributed by atoms with Crippen LogP contribution in [-0.4, -0.2) is 24.1 Å². The Morgan fingerprint density at radius 2 is 0.500 bits per heavy atom. The summed E-state index contributed by atoms with van der Waals surface area (Å²) in [6, 6.07) is 11.6. The van der Waals surface area contributed by atoms with Crippen LogP contribution in [0.1, 0.15) is 296 Å². The van der Waals surface area contributed by atoms with Gasteiger partial charge in [0, 0.05) is 5.56 Å². The van der Waals surface area contributed by atoms with Crippen LogP contribution >= 0.6 is 0 Å². The molecule has 0 radical (unpaired) electrons. The van der Waals surface area contributed by atoms with Gasteiger partial charge in [-0.3, -0.25) is 0 Å². The maximum Gasteiger partial charge on any atom is 0.104 e. The fourth-order valence-corrected chi connectivity index (χ4v) is 9.63. The molecule has 62 heavy (non-hydrogen) atoms. The van der Waals surface area contributed by atoms with Crippen molar-refractivity contribution < 1.29 is 4.48 Å². The van der Waals surface area contributed by atoms with Crippen LogP contribution in [-0.2, 0) is 6.54 Å². The molecule has 0 heterocycles. The molecule has 0 unspecified atom stereocenters. The Labute approximate surface area is 391 Å². The van der Waals surface area contributed by atoms with Crippen LogP contribution in [0.15, 0.2) is 66.8 Å². The highest BCUT2D eigenvalue weighted by Crippen LogP contribution is 2.23. The number of hydrogen-bond acceptors (Lipinski definition) is 0. The minimum absolute atomic E-state index is 1.23. The second kappa shape index (κ2) is 48.8. The molecular weight excluding hydrogens is 747 g/mol. The molecule has 0 atom stereocenters. The van der Waals surface area contributed by atoms with Crippen molar-refractivity contribution in [2.45, 2.75) is 297 Å². The molecule has 0 fully saturated rings.